The van der Waals surface area contributed by atoms with Gasteiger partial charge in [0.2, 0.25) is 0 Å². The Labute approximate surface area is 113 Å². The molecule has 0 aliphatic heterocycles. The normalized spacial score (nSPS) is 10.2. The predicted octanol–water partition coefficient (Wildman–Crippen LogP) is 0.906. The van der Waals surface area contributed by atoms with E-state index < -0.39 is 0 Å². The van der Waals surface area contributed by atoms with Gasteiger partial charge >= 0.3 is 0 Å². The zero-order valence-electron chi connectivity index (χ0n) is 11.4. The fourth-order valence-electron chi connectivity index (χ4n) is 1.48. The number of aromatic nitrogens is 1. The van der Waals surface area contributed by atoms with Crippen LogP contribution in [0.2, 0.25) is 0 Å². The molecule has 2 N–H and O–H groups in total. The van der Waals surface area contributed by atoms with E-state index in [2.05, 4.69) is 15.6 Å². The van der Waals surface area contributed by atoms with Gasteiger partial charge in [0.05, 0.1) is 17.9 Å². The van der Waals surface area contributed by atoms with Crippen LogP contribution in [-0.2, 0) is 9.47 Å². The lowest BCUT2D eigenvalue weighted by atomic mass is 10.2. The minimum absolute atomic E-state index is 0.126. The SMILES string of the molecule is COCCCNC(=O)c1cncc(NCCOC)c1. The Bertz CT molecular complexity index is 385. The highest BCUT2D eigenvalue weighted by molar-refractivity contribution is 5.94. The van der Waals surface area contributed by atoms with E-state index in [9.17, 15) is 4.79 Å². The van der Waals surface area contributed by atoms with Gasteiger partial charge in [0.15, 0.2) is 0 Å². The molecule has 1 rings (SSSR count). The van der Waals surface area contributed by atoms with E-state index in [1.54, 1.807) is 32.7 Å². The van der Waals surface area contributed by atoms with Gasteiger partial charge in [-0.3, -0.25) is 9.78 Å². The molecule has 6 heteroatoms. The van der Waals surface area contributed by atoms with Gasteiger partial charge in [0.1, 0.15) is 0 Å². The number of hydrogen-bond donors (Lipinski definition) is 2. The van der Waals surface area contributed by atoms with Crippen molar-refractivity contribution in [3.8, 4) is 0 Å². The van der Waals surface area contributed by atoms with Crippen molar-refractivity contribution < 1.29 is 14.3 Å². The summed E-state index contributed by atoms with van der Waals surface area (Å²) >= 11 is 0. The number of nitrogens with zero attached hydrogens (tertiary/aromatic N) is 1. The van der Waals surface area contributed by atoms with Crippen molar-refractivity contribution in [3.63, 3.8) is 0 Å². The van der Waals surface area contributed by atoms with Crippen molar-refractivity contribution in [2.24, 2.45) is 0 Å². The topological polar surface area (TPSA) is 72.5 Å². The van der Waals surface area contributed by atoms with Crippen molar-refractivity contribution in [1.82, 2.24) is 10.3 Å². The number of ether oxygens (including phenoxy) is 2. The first-order valence-corrected chi connectivity index (χ1v) is 6.23. The fourth-order valence-corrected chi connectivity index (χ4v) is 1.48. The summed E-state index contributed by atoms with van der Waals surface area (Å²) < 4.78 is 9.86. The van der Waals surface area contributed by atoms with Crippen LogP contribution in [0.5, 0.6) is 0 Å². The zero-order valence-corrected chi connectivity index (χ0v) is 11.4. The summed E-state index contributed by atoms with van der Waals surface area (Å²) in [4.78, 5) is 15.9. The maximum absolute atomic E-state index is 11.8. The van der Waals surface area contributed by atoms with E-state index in [1.807, 2.05) is 0 Å². The van der Waals surface area contributed by atoms with Crippen LogP contribution in [0.3, 0.4) is 0 Å². The molecular weight excluding hydrogens is 246 g/mol. The Hall–Kier alpha value is -1.66. The molecule has 1 amide bonds. The second-order valence-electron chi connectivity index (χ2n) is 3.98. The van der Waals surface area contributed by atoms with Gasteiger partial charge in [-0.15, -0.1) is 0 Å². The van der Waals surface area contributed by atoms with Gasteiger partial charge < -0.3 is 20.1 Å². The molecule has 1 aromatic heterocycles. The van der Waals surface area contributed by atoms with E-state index in [0.29, 0.717) is 31.9 Å². The van der Waals surface area contributed by atoms with Gasteiger partial charge in [-0.25, -0.2) is 0 Å². The smallest absolute Gasteiger partial charge is 0.252 e. The highest BCUT2D eigenvalue weighted by Gasteiger charge is 2.06. The van der Waals surface area contributed by atoms with Crippen molar-refractivity contribution in [3.05, 3.63) is 24.0 Å². The summed E-state index contributed by atoms with van der Waals surface area (Å²) in [6.07, 6.45) is 4.02. The van der Waals surface area contributed by atoms with Gasteiger partial charge in [-0.1, -0.05) is 0 Å². The largest absolute Gasteiger partial charge is 0.385 e. The number of rotatable bonds is 9. The van der Waals surface area contributed by atoms with Crippen molar-refractivity contribution in [2.75, 3.05) is 45.8 Å². The number of nitrogens with one attached hydrogen (secondary N) is 2. The predicted molar refractivity (Wildman–Crippen MR) is 73.4 cm³/mol. The maximum Gasteiger partial charge on any atom is 0.252 e. The third-order valence-electron chi connectivity index (χ3n) is 2.45. The molecule has 0 saturated heterocycles. The molecule has 0 aliphatic carbocycles. The molecule has 0 bridgehead atoms. The molecule has 0 spiro atoms. The summed E-state index contributed by atoms with van der Waals surface area (Å²) in [5.74, 6) is -0.126. The lowest BCUT2D eigenvalue weighted by molar-refractivity contribution is 0.0948. The molecule has 19 heavy (non-hydrogen) atoms. The molecule has 0 aliphatic rings. The van der Waals surface area contributed by atoms with Gasteiger partial charge in [0, 0.05) is 46.3 Å². The first-order chi connectivity index (χ1) is 9.27. The zero-order chi connectivity index (χ0) is 13.9. The number of hydrogen-bond acceptors (Lipinski definition) is 5. The molecule has 6 nitrogen and oxygen atoms in total. The minimum Gasteiger partial charge on any atom is -0.385 e. The van der Waals surface area contributed by atoms with Gasteiger partial charge in [0.25, 0.3) is 5.91 Å². The van der Waals surface area contributed by atoms with E-state index in [-0.39, 0.29) is 5.91 Å². The fraction of sp³-hybridized carbons (Fsp3) is 0.538. The van der Waals surface area contributed by atoms with Crippen LogP contribution in [0, 0.1) is 0 Å². The first kappa shape index (κ1) is 15.4. The molecule has 0 fully saturated rings. The summed E-state index contributed by atoms with van der Waals surface area (Å²) in [6.45, 7) is 2.51. The average molecular weight is 267 g/mol. The number of pyridine rings is 1. The highest BCUT2D eigenvalue weighted by Crippen LogP contribution is 2.07. The molecule has 0 aromatic carbocycles. The third kappa shape index (κ3) is 6.17. The van der Waals surface area contributed by atoms with Crippen LogP contribution < -0.4 is 10.6 Å². The van der Waals surface area contributed by atoms with Crippen LogP contribution >= 0.6 is 0 Å². The number of amides is 1. The van der Waals surface area contributed by atoms with Crippen molar-refractivity contribution in [1.29, 1.82) is 0 Å². The lowest BCUT2D eigenvalue weighted by Crippen LogP contribution is -2.25. The Kier molecular flexibility index (Phi) is 7.53. The molecule has 106 valence electrons. The summed E-state index contributed by atoms with van der Waals surface area (Å²) in [7, 11) is 3.28. The second-order valence-corrected chi connectivity index (χ2v) is 3.98. The van der Waals surface area contributed by atoms with Crippen LogP contribution in [-0.4, -0.2) is 51.4 Å². The van der Waals surface area contributed by atoms with Crippen molar-refractivity contribution >= 4 is 11.6 Å². The highest BCUT2D eigenvalue weighted by atomic mass is 16.5. The Morgan fingerprint density at radius 2 is 2.00 bits per heavy atom. The third-order valence-corrected chi connectivity index (χ3v) is 2.45. The molecule has 0 unspecified atom stereocenters. The number of carbonyl (C=O) groups excluding carboxylic acids is 1. The van der Waals surface area contributed by atoms with Crippen LogP contribution in [0.25, 0.3) is 0 Å². The molecule has 0 saturated carbocycles. The monoisotopic (exact) mass is 267 g/mol. The number of methoxy groups -OCH3 is 2. The summed E-state index contributed by atoms with van der Waals surface area (Å²) in [5.41, 5.74) is 1.35. The minimum atomic E-state index is -0.126. The number of carbonyl (C=O) groups is 1. The standard InChI is InChI=1S/C13H21N3O3/c1-18-6-3-4-16-13(17)11-8-12(10-14-9-11)15-5-7-19-2/h8-10,15H,3-7H2,1-2H3,(H,16,17). The Balaban J connectivity index is 2.43. The Morgan fingerprint density at radius 3 is 2.74 bits per heavy atom. The lowest BCUT2D eigenvalue weighted by Gasteiger charge is -2.08. The van der Waals surface area contributed by atoms with E-state index in [0.717, 1.165) is 12.1 Å². The second kappa shape index (κ2) is 9.29. The van der Waals surface area contributed by atoms with E-state index in [1.165, 1.54) is 0 Å². The van der Waals surface area contributed by atoms with Gasteiger partial charge in [-0.05, 0) is 12.5 Å². The van der Waals surface area contributed by atoms with Crippen LogP contribution in [0.1, 0.15) is 16.8 Å². The van der Waals surface area contributed by atoms with E-state index in [4.69, 9.17) is 9.47 Å². The average Bonchev–Trinajstić information content (AvgIpc) is 2.44. The van der Waals surface area contributed by atoms with E-state index >= 15 is 0 Å². The first-order valence-electron chi connectivity index (χ1n) is 6.23. The van der Waals surface area contributed by atoms with Gasteiger partial charge in [-0.2, -0.15) is 0 Å². The Morgan fingerprint density at radius 1 is 1.21 bits per heavy atom. The number of anilines is 1. The molecular formula is C13H21N3O3. The molecule has 0 atom stereocenters. The van der Waals surface area contributed by atoms with Crippen molar-refractivity contribution in [2.45, 2.75) is 6.42 Å². The van der Waals surface area contributed by atoms with Crippen LogP contribution in [0.15, 0.2) is 18.5 Å². The molecule has 1 heterocycles. The quantitative estimate of drug-likeness (QED) is 0.651. The summed E-state index contributed by atoms with van der Waals surface area (Å²) in [5, 5.41) is 5.95. The van der Waals surface area contributed by atoms with Crippen LogP contribution in [0.4, 0.5) is 5.69 Å². The molecule has 0 radical (unpaired) electrons. The maximum atomic E-state index is 11.8. The summed E-state index contributed by atoms with van der Waals surface area (Å²) in [6, 6.07) is 1.77. The molecule has 1 aromatic rings.